The molecule has 0 N–H and O–H groups in total. The zero-order chi connectivity index (χ0) is 14.1. The standard InChI is InChI=1S/C10H9.C5H5.C3H6.2ClH.Zr/c1-8-4-2-5-9-6-3-7-10(8)9;1-2-4-5-3-1;1-3-2;;;/h2-7H,1H3;1-5H;1-2H3;2*1H;/q2*-1;;;;+2/p-2. The van der Waals surface area contributed by atoms with Gasteiger partial charge in [-0.1, -0.05) is 11.6 Å². The molecule has 112 valence electrons. The second kappa shape index (κ2) is 13.2. The maximum atomic E-state index is 2.16. The van der Waals surface area contributed by atoms with Crippen LogP contribution in [0.25, 0.3) is 10.8 Å². The Bertz CT molecular complexity index is 573. The van der Waals surface area contributed by atoms with Crippen molar-refractivity contribution in [2.24, 2.45) is 0 Å². The average Bonchev–Trinajstić information content (AvgIpc) is 3.03. The number of rotatable bonds is 0. The summed E-state index contributed by atoms with van der Waals surface area (Å²) >= 11 is 1.55. The molecule has 3 heteroatoms. The number of hydrogen-bond acceptors (Lipinski definition) is 0. The maximum Gasteiger partial charge on any atom is -0.0488 e. The third-order valence-corrected chi connectivity index (χ3v) is 2.45. The van der Waals surface area contributed by atoms with Crippen molar-refractivity contribution in [3.8, 4) is 0 Å². The maximum absolute atomic E-state index is 2.16. The quantitative estimate of drug-likeness (QED) is 0.428. The second-order valence-electron chi connectivity index (χ2n) is 4.57. The molecular weight excluding hydrogens is 378 g/mol. The first-order valence-corrected chi connectivity index (χ1v) is 7.63. The summed E-state index contributed by atoms with van der Waals surface area (Å²) in [7, 11) is 0. The third-order valence-electron chi connectivity index (χ3n) is 2.45. The SMILES string of the molecule is C[C](C)=[Zr+2].Cc1cccc2[cH-]ccc12.[Cl-].[Cl-].c1cc[cH-]c1. The van der Waals surface area contributed by atoms with Gasteiger partial charge in [0.15, 0.2) is 0 Å². The summed E-state index contributed by atoms with van der Waals surface area (Å²) in [5.74, 6) is 0. The number of aryl methyl sites for hydroxylation is 1. The molecule has 0 aliphatic rings. The van der Waals surface area contributed by atoms with Gasteiger partial charge in [-0.2, -0.15) is 30.3 Å². The molecule has 0 spiro atoms. The fourth-order valence-corrected chi connectivity index (χ4v) is 1.65. The summed E-state index contributed by atoms with van der Waals surface area (Å²) in [5, 5.41) is 2.72. The molecule has 3 aromatic carbocycles. The van der Waals surface area contributed by atoms with Crippen LogP contribution in [0.3, 0.4) is 0 Å². The van der Waals surface area contributed by atoms with Crippen LogP contribution in [-0.2, 0) is 24.2 Å². The van der Waals surface area contributed by atoms with Crippen molar-refractivity contribution in [2.45, 2.75) is 20.8 Å². The molecule has 0 fully saturated rings. The molecule has 0 saturated heterocycles. The second-order valence-corrected chi connectivity index (χ2v) is 7.02. The van der Waals surface area contributed by atoms with E-state index in [1.54, 1.807) is 24.2 Å². The summed E-state index contributed by atoms with van der Waals surface area (Å²) in [6.45, 7) is 6.39. The van der Waals surface area contributed by atoms with Crippen LogP contribution < -0.4 is 24.8 Å². The van der Waals surface area contributed by atoms with Crippen LogP contribution in [0.4, 0.5) is 0 Å². The van der Waals surface area contributed by atoms with Gasteiger partial charge in [0, 0.05) is 0 Å². The van der Waals surface area contributed by atoms with Crippen LogP contribution in [0.15, 0.2) is 66.7 Å². The minimum atomic E-state index is 0. The first-order valence-electron chi connectivity index (χ1n) is 6.40. The Morgan fingerprint density at radius 2 is 1.48 bits per heavy atom. The van der Waals surface area contributed by atoms with Crippen LogP contribution >= 0.6 is 0 Å². The van der Waals surface area contributed by atoms with Crippen LogP contribution in [0.5, 0.6) is 0 Å². The van der Waals surface area contributed by atoms with Crippen molar-refractivity contribution in [2.75, 3.05) is 0 Å². The van der Waals surface area contributed by atoms with Gasteiger partial charge >= 0.3 is 41.3 Å². The molecule has 0 radical (unpaired) electrons. The van der Waals surface area contributed by atoms with E-state index in [4.69, 9.17) is 0 Å². The van der Waals surface area contributed by atoms with E-state index in [-0.39, 0.29) is 24.8 Å². The van der Waals surface area contributed by atoms with E-state index < -0.39 is 0 Å². The van der Waals surface area contributed by atoms with Gasteiger partial charge in [-0.25, -0.2) is 12.1 Å². The van der Waals surface area contributed by atoms with E-state index in [0.717, 1.165) is 0 Å². The number of halogens is 2. The van der Waals surface area contributed by atoms with Crippen LogP contribution in [-0.4, -0.2) is 3.21 Å². The normalized spacial score (nSPS) is 8.24. The number of fused-ring (bicyclic) bond motifs is 1. The summed E-state index contributed by atoms with van der Waals surface area (Å²) in [4.78, 5) is 0. The van der Waals surface area contributed by atoms with Crippen LogP contribution in [0, 0.1) is 6.92 Å². The first kappa shape index (κ1) is 22.8. The molecule has 0 aliphatic carbocycles. The number of hydrogen-bond donors (Lipinski definition) is 0. The smallest absolute Gasteiger partial charge is 0.0488 e. The summed E-state index contributed by atoms with van der Waals surface area (Å²) in [6.07, 6.45) is 0. The first-order chi connectivity index (χ1) is 9.11. The van der Waals surface area contributed by atoms with Gasteiger partial charge in [-0.05, 0) is 6.92 Å². The van der Waals surface area contributed by atoms with Crippen molar-refractivity contribution in [1.82, 2.24) is 0 Å². The Hall–Kier alpha value is -0.487. The molecule has 0 aliphatic heterocycles. The molecule has 3 aromatic rings. The molecule has 0 aromatic heterocycles. The Labute approximate surface area is 155 Å². The van der Waals surface area contributed by atoms with Gasteiger partial charge in [0.2, 0.25) is 0 Å². The fourth-order valence-electron chi connectivity index (χ4n) is 1.65. The van der Waals surface area contributed by atoms with Gasteiger partial charge in [-0.15, -0.1) is 29.0 Å². The van der Waals surface area contributed by atoms with Crippen LogP contribution in [0.1, 0.15) is 19.4 Å². The molecule has 0 saturated carbocycles. The predicted molar refractivity (Wildman–Crippen MR) is 82.7 cm³/mol. The fraction of sp³-hybridized carbons (Fsp3) is 0.167. The van der Waals surface area contributed by atoms with Crippen molar-refractivity contribution in [3.63, 3.8) is 0 Å². The Morgan fingerprint density at radius 1 is 0.905 bits per heavy atom. The minimum absolute atomic E-state index is 0. The topological polar surface area (TPSA) is 0 Å². The molecule has 0 atom stereocenters. The minimum Gasteiger partial charge on any atom is -1.00 e. The third kappa shape index (κ3) is 9.96. The van der Waals surface area contributed by atoms with E-state index in [2.05, 4.69) is 57.2 Å². The van der Waals surface area contributed by atoms with Gasteiger partial charge in [0.05, 0.1) is 0 Å². The summed E-state index contributed by atoms with van der Waals surface area (Å²) in [6, 6.07) is 22.8. The zero-order valence-electron chi connectivity index (χ0n) is 12.6. The van der Waals surface area contributed by atoms with Crippen molar-refractivity contribution >= 4 is 14.0 Å². The Morgan fingerprint density at radius 3 is 1.90 bits per heavy atom. The molecule has 0 bridgehead atoms. The van der Waals surface area contributed by atoms with Crippen LogP contribution in [0.2, 0.25) is 0 Å². The van der Waals surface area contributed by atoms with E-state index in [0.29, 0.717) is 0 Å². The van der Waals surface area contributed by atoms with Crippen molar-refractivity contribution < 1.29 is 49.0 Å². The molecule has 0 amide bonds. The molecular formula is C18H20Cl2Zr-2. The Kier molecular flexibility index (Phi) is 14.3. The number of benzene rings is 1. The van der Waals surface area contributed by atoms with Gasteiger partial charge < -0.3 is 24.8 Å². The van der Waals surface area contributed by atoms with Crippen molar-refractivity contribution in [1.29, 1.82) is 0 Å². The average molecular weight is 398 g/mol. The Balaban J connectivity index is 0. The predicted octanol–water partition coefficient (Wildman–Crippen LogP) is -0.974. The summed E-state index contributed by atoms with van der Waals surface area (Å²) < 4.78 is 1.51. The van der Waals surface area contributed by atoms with Crippen molar-refractivity contribution in [3.05, 3.63) is 72.3 Å². The molecule has 0 nitrogen and oxygen atoms in total. The summed E-state index contributed by atoms with van der Waals surface area (Å²) in [5.41, 5.74) is 1.36. The molecule has 0 heterocycles. The molecule has 3 rings (SSSR count). The largest absolute Gasteiger partial charge is 1.00 e. The molecule has 0 unspecified atom stereocenters. The van der Waals surface area contributed by atoms with E-state index in [1.165, 1.54) is 19.5 Å². The van der Waals surface area contributed by atoms with E-state index in [1.807, 2.05) is 30.3 Å². The monoisotopic (exact) mass is 396 g/mol. The molecule has 21 heavy (non-hydrogen) atoms. The van der Waals surface area contributed by atoms with Gasteiger partial charge in [-0.3, -0.25) is 0 Å². The van der Waals surface area contributed by atoms with E-state index >= 15 is 0 Å². The van der Waals surface area contributed by atoms with Gasteiger partial charge in [0.1, 0.15) is 0 Å². The van der Waals surface area contributed by atoms with Gasteiger partial charge in [0.25, 0.3) is 0 Å². The zero-order valence-corrected chi connectivity index (χ0v) is 16.6. The van der Waals surface area contributed by atoms with E-state index in [9.17, 15) is 0 Å².